The zero-order valence-electron chi connectivity index (χ0n) is 19.8. The molecule has 3 atom stereocenters. The molecule has 35 heavy (non-hydrogen) atoms. The molecule has 2 N–H and O–H groups in total. The molecule has 184 valence electrons. The number of H-pyrrole nitrogens is 1. The fourth-order valence-electron chi connectivity index (χ4n) is 5.09. The average molecular weight is 514 g/mol. The van der Waals surface area contributed by atoms with Gasteiger partial charge >= 0.3 is 5.97 Å². The summed E-state index contributed by atoms with van der Waals surface area (Å²) in [6, 6.07) is 12.3. The molecule has 3 unspecified atom stereocenters. The Morgan fingerprint density at radius 2 is 2.06 bits per heavy atom. The van der Waals surface area contributed by atoms with Crippen LogP contribution in [-0.4, -0.2) is 44.8 Å². The number of ether oxygens (including phenoxy) is 1. The van der Waals surface area contributed by atoms with Crippen molar-refractivity contribution in [1.29, 1.82) is 0 Å². The Bertz CT molecular complexity index is 1290. The number of aryl methyl sites for hydroxylation is 1. The minimum atomic E-state index is -0.737. The fraction of sp³-hybridized carbons (Fsp3) is 0.407. The van der Waals surface area contributed by atoms with Gasteiger partial charge in [0.15, 0.2) is 5.15 Å². The summed E-state index contributed by atoms with van der Waals surface area (Å²) < 4.78 is 6.50. The van der Waals surface area contributed by atoms with Crippen LogP contribution < -0.4 is 4.74 Å². The van der Waals surface area contributed by atoms with Gasteiger partial charge in [-0.2, -0.15) is 5.10 Å². The van der Waals surface area contributed by atoms with Crippen LogP contribution in [0.25, 0.3) is 17.0 Å². The van der Waals surface area contributed by atoms with E-state index in [0.717, 1.165) is 46.2 Å². The van der Waals surface area contributed by atoms with Crippen molar-refractivity contribution in [2.45, 2.75) is 44.7 Å². The van der Waals surface area contributed by atoms with Gasteiger partial charge in [-0.05, 0) is 71.7 Å². The largest absolute Gasteiger partial charge is 0.485 e. The number of halogens is 2. The molecule has 1 saturated heterocycles. The van der Waals surface area contributed by atoms with Gasteiger partial charge in [-0.3, -0.25) is 14.8 Å². The molecular formula is C27H29Cl2N3O3. The molecule has 0 amide bonds. The number of likely N-dealkylation sites (tertiary alicyclic amines) is 1. The molecule has 8 heteroatoms. The molecule has 6 nitrogen and oxygen atoms in total. The Labute approximate surface area is 214 Å². The first-order valence-electron chi connectivity index (χ1n) is 12.0. The maximum atomic E-state index is 11.3. The molecular weight excluding hydrogens is 485 g/mol. The number of aromatic nitrogens is 2. The predicted molar refractivity (Wildman–Crippen MR) is 139 cm³/mol. The Balaban J connectivity index is 1.33. The highest BCUT2D eigenvalue weighted by Crippen LogP contribution is 2.36. The minimum absolute atomic E-state index is 0.123. The number of aromatic amines is 1. The third kappa shape index (κ3) is 4.92. The van der Waals surface area contributed by atoms with E-state index in [1.165, 1.54) is 5.56 Å². The van der Waals surface area contributed by atoms with Gasteiger partial charge in [0.05, 0.1) is 11.4 Å². The smallest absolute Gasteiger partial charge is 0.307 e. The number of carboxylic acids is 1. The number of carboxylic acid groups (broad SMARTS) is 1. The summed E-state index contributed by atoms with van der Waals surface area (Å²) in [5.41, 5.74) is 5.22. The van der Waals surface area contributed by atoms with Gasteiger partial charge in [-0.15, -0.1) is 11.6 Å². The van der Waals surface area contributed by atoms with Crippen molar-refractivity contribution in [2.75, 3.05) is 13.1 Å². The van der Waals surface area contributed by atoms with Crippen LogP contribution in [0.4, 0.5) is 0 Å². The number of carbonyl (C=O) groups is 1. The van der Waals surface area contributed by atoms with Gasteiger partial charge in [-0.25, -0.2) is 0 Å². The molecule has 5 rings (SSSR count). The second kappa shape index (κ2) is 9.84. The first-order valence-corrected chi connectivity index (χ1v) is 12.9. The van der Waals surface area contributed by atoms with Gasteiger partial charge in [0, 0.05) is 18.5 Å². The minimum Gasteiger partial charge on any atom is -0.485 e. The van der Waals surface area contributed by atoms with Crippen molar-refractivity contribution in [1.82, 2.24) is 15.1 Å². The third-order valence-electron chi connectivity index (χ3n) is 7.07. The van der Waals surface area contributed by atoms with Crippen LogP contribution in [-0.2, 0) is 11.2 Å². The van der Waals surface area contributed by atoms with E-state index in [-0.39, 0.29) is 23.4 Å². The van der Waals surface area contributed by atoms with Gasteiger partial charge in [0.25, 0.3) is 0 Å². The molecule has 1 aliphatic carbocycles. The van der Waals surface area contributed by atoms with Crippen LogP contribution in [0.1, 0.15) is 49.5 Å². The molecule has 0 saturated carbocycles. The lowest BCUT2D eigenvalue weighted by Crippen LogP contribution is -2.32. The number of rotatable bonds is 7. The lowest BCUT2D eigenvalue weighted by Gasteiger charge is -2.28. The Kier molecular flexibility index (Phi) is 6.80. The standard InChI is InChI=1S/C27H29Cl2N3O3/c1-15(2)24(18-6-8-23-22(13-18)25(28)31-30-23)35-21-7-5-16-11-19(4-3-17(16)12-21)26(29)32-10-9-20(14-32)27(33)34/h5-8,11-13,15,20,24,26H,3-4,9-10,14H2,1-2H3,(H,30,31)(H,33,34). The number of benzene rings is 2. The number of hydrogen-bond acceptors (Lipinski definition) is 4. The summed E-state index contributed by atoms with van der Waals surface area (Å²) in [5.74, 6) is 0.0302. The topological polar surface area (TPSA) is 78.5 Å². The Morgan fingerprint density at radius 3 is 2.80 bits per heavy atom. The van der Waals surface area contributed by atoms with E-state index >= 15 is 0 Å². The highest BCUT2D eigenvalue weighted by Gasteiger charge is 2.33. The zero-order chi connectivity index (χ0) is 24.7. The Hall–Kier alpha value is -2.54. The molecule has 2 heterocycles. The van der Waals surface area contributed by atoms with Crippen LogP contribution in [0.2, 0.25) is 5.15 Å². The molecule has 0 radical (unpaired) electrons. The van der Waals surface area contributed by atoms with Gasteiger partial charge in [-0.1, -0.05) is 43.7 Å². The maximum Gasteiger partial charge on any atom is 0.307 e. The molecule has 1 aromatic heterocycles. The number of fused-ring (bicyclic) bond motifs is 2. The summed E-state index contributed by atoms with van der Waals surface area (Å²) in [7, 11) is 0. The van der Waals surface area contributed by atoms with Gasteiger partial charge < -0.3 is 9.84 Å². The maximum absolute atomic E-state index is 11.3. The Morgan fingerprint density at radius 1 is 1.23 bits per heavy atom. The molecule has 0 spiro atoms. The second-order valence-electron chi connectivity index (χ2n) is 9.84. The lowest BCUT2D eigenvalue weighted by atomic mass is 9.91. The first-order chi connectivity index (χ1) is 16.8. The van der Waals surface area contributed by atoms with Crippen molar-refractivity contribution in [3.63, 3.8) is 0 Å². The van der Waals surface area contributed by atoms with Crippen LogP contribution >= 0.6 is 23.2 Å². The predicted octanol–water partition coefficient (Wildman–Crippen LogP) is 6.29. The van der Waals surface area contributed by atoms with Crippen LogP contribution in [0.15, 0.2) is 42.0 Å². The summed E-state index contributed by atoms with van der Waals surface area (Å²) in [6.07, 6.45) is 4.41. The highest BCUT2D eigenvalue weighted by atomic mass is 35.5. The van der Waals surface area contributed by atoms with Crippen LogP contribution in [0.3, 0.4) is 0 Å². The molecule has 0 bridgehead atoms. The van der Waals surface area contributed by atoms with Crippen molar-refractivity contribution < 1.29 is 14.6 Å². The highest BCUT2D eigenvalue weighted by molar-refractivity contribution is 6.34. The van der Waals surface area contributed by atoms with E-state index in [1.54, 1.807) is 0 Å². The van der Waals surface area contributed by atoms with Crippen molar-refractivity contribution in [2.24, 2.45) is 11.8 Å². The summed E-state index contributed by atoms with van der Waals surface area (Å²) in [4.78, 5) is 13.4. The number of aliphatic carboxylic acids is 1. The quantitative estimate of drug-likeness (QED) is 0.286. The van der Waals surface area contributed by atoms with E-state index in [0.29, 0.717) is 24.7 Å². The normalized spacial score (nSPS) is 20.0. The number of nitrogens with one attached hydrogen (secondary N) is 1. The van der Waals surface area contributed by atoms with E-state index in [1.807, 2.05) is 18.2 Å². The number of alkyl halides is 1. The summed E-state index contributed by atoms with van der Waals surface area (Å²) >= 11 is 13.0. The van der Waals surface area contributed by atoms with Crippen molar-refractivity contribution >= 4 is 46.2 Å². The second-order valence-corrected chi connectivity index (χ2v) is 10.6. The third-order valence-corrected chi connectivity index (χ3v) is 7.92. The number of hydrogen-bond donors (Lipinski definition) is 2. The lowest BCUT2D eigenvalue weighted by molar-refractivity contribution is -0.141. The molecule has 3 aromatic rings. The molecule has 1 aliphatic heterocycles. The fourth-order valence-corrected chi connectivity index (χ4v) is 5.64. The summed E-state index contributed by atoms with van der Waals surface area (Å²) in [6.45, 7) is 5.52. The van der Waals surface area contributed by atoms with Gasteiger partial charge in [0.2, 0.25) is 0 Å². The van der Waals surface area contributed by atoms with Gasteiger partial charge in [0.1, 0.15) is 17.4 Å². The first kappa shape index (κ1) is 24.2. The SMILES string of the molecule is CC(C)C(Oc1ccc2c(c1)CCC(C(Cl)N1CCC(C(=O)O)C1)=C2)c1ccc2[nH]nc(Cl)c2c1. The van der Waals surface area contributed by atoms with E-state index in [9.17, 15) is 9.90 Å². The molecule has 2 aromatic carbocycles. The number of nitrogens with zero attached hydrogens (tertiary/aromatic N) is 2. The van der Waals surface area contributed by atoms with Crippen LogP contribution in [0, 0.1) is 11.8 Å². The molecule has 1 fully saturated rings. The zero-order valence-corrected chi connectivity index (χ0v) is 21.3. The monoisotopic (exact) mass is 513 g/mol. The average Bonchev–Trinajstić information content (AvgIpc) is 3.49. The van der Waals surface area contributed by atoms with E-state index in [4.69, 9.17) is 27.9 Å². The van der Waals surface area contributed by atoms with Crippen LogP contribution in [0.5, 0.6) is 5.75 Å². The van der Waals surface area contributed by atoms with Crippen molar-refractivity contribution in [3.05, 3.63) is 63.8 Å². The van der Waals surface area contributed by atoms with E-state index in [2.05, 4.69) is 53.2 Å². The molecule has 2 aliphatic rings. The van der Waals surface area contributed by atoms with E-state index < -0.39 is 5.97 Å². The summed E-state index contributed by atoms with van der Waals surface area (Å²) in [5, 5.41) is 17.7. The van der Waals surface area contributed by atoms with Crippen molar-refractivity contribution in [3.8, 4) is 5.75 Å².